The van der Waals surface area contributed by atoms with E-state index in [9.17, 15) is 10.1 Å². The number of carbonyl (C=O) groups is 1. The fourth-order valence-electron chi connectivity index (χ4n) is 3.08. The van der Waals surface area contributed by atoms with Gasteiger partial charge in [-0.2, -0.15) is 5.26 Å². The summed E-state index contributed by atoms with van der Waals surface area (Å²) in [5.74, 6) is -0.369. The molecule has 1 atom stereocenters. The summed E-state index contributed by atoms with van der Waals surface area (Å²) in [7, 11) is 0. The van der Waals surface area contributed by atoms with Gasteiger partial charge in [-0.05, 0) is 38.5 Å². The number of unbranched alkanes of at least 4 members (excludes halogenated alkanes) is 2. The van der Waals surface area contributed by atoms with Gasteiger partial charge in [-0.1, -0.05) is 35.7 Å². The Morgan fingerprint density at radius 3 is 2.75 bits per heavy atom. The summed E-state index contributed by atoms with van der Waals surface area (Å²) < 4.78 is 17.5. The molecule has 0 saturated heterocycles. The number of hydrogen-bond acceptors (Lipinski definition) is 6. The van der Waals surface area contributed by atoms with Gasteiger partial charge in [-0.15, -0.1) is 0 Å². The van der Waals surface area contributed by atoms with Gasteiger partial charge in [0.15, 0.2) is 0 Å². The molecule has 0 radical (unpaired) electrons. The average molecular weight is 449 g/mol. The van der Waals surface area contributed by atoms with Crippen LogP contribution in [0.25, 0.3) is 0 Å². The van der Waals surface area contributed by atoms with E-state index >= 15 is 0 Å². The molecule has 1 aromatic carbocycles. The lowest BCUT2D eigenvalue weighted by Crippen LogP contribution is -2.26. The quantitative estimate of drug-likeness (QED) is 0.458. The highest BCUT2D eigenvalue weighted by Crippen LogP contribution is 2.43. The number of rotatable bonds is 8. The predicted octanol–water partition coefficient (Wildman–Crippen LogP) is 4.66. The molecule has 1 aliphatic heterocycles. The minimum atomic E-state index is -0.725. The van der Waals surface area contributed by atoms with Crippen LogP contribution in [0.15, 0.2) is 45.5 Å². The van der Waals surface area contributed by atoms with Crippen LogP contribution in [0, 0.1) is 11.3 Å². The minimum absolute atomic E-state index is 0.0186. The average Bonchev–Trinajstić information content (AvgIpc) is 2.65. The highest BCUT2D eigenvalue weighted by atomic mass is 79.9. The molecule has 28 heavy (non-hydrogen) atoms. The Balaban J connectivity index is 2.56. The van der Waals surface area contributed by atoms with Crippen molar-refractivity contribution in [3.8, 4) is 11.8 Å². The van der Waals surface area contributed by atoms with Gasteiger partial charge in [0.25, 0.3) is 0 Å². The maximum Gasteiger partial charge on any atom is 0.338 e. The van der Waals surface area contributed by atoms with E-state index in [1.54, 1.807) is 13.8 Å². The van der Waals surface area contributed by atoms with Crippen LogP contribution in [0.1, 0.15) is 51.5 Å². The van der Waals surface area contributed by atoms with Gasteiger partial charge in [-0.3, -0.25) is 0 Å². The third-order valence-corrected chi connectivity index (χ3v) is 4.88. The maximum atomic E-state index is 12.7. The van der Waals surface area contributed by atoms with Crippen LogP contribution in [-0.2, 0) is 14.3 Å². The van der Waals surface area contributed by atoms with E-state index in [0.29, 0.717) is 23.7 Å². The molecule has 2 rings (SSSR count). The largest absolute Gasteiger partial charge is 0.493 e. The van der Waals surface area contributed by atoms with E-state index in [0.717, 1.165) is 23.7 Å². The van der Waals surface area contributed by atoms with Crippen molar-refractivity contribution in [3.63, 3.8) is 0 Å². The molecule has 0 saturated carbocycles. The maximum absolute atomic E-state index is 12.7. The van der Waals surface area contributed by atoms with Crippen molar-refractivity contribution in [1.82, 2.24) is 0 Å². The summed E-state index contributed by atoms with van der Waals surface area (Å²) in [6, 6.07) is 7.61. The van der Waals surface area contributed by atoms with Crippen molar-refractivity contribution in [1.29, 1.82) is 5.26 Å². The first-order valence-electron chi connectivity index (χ1n) is 9.32. The number of ether oxygens (including phenoxy) is 3. The molecule has 7 heteroatoms. The summed E-state index contributed by atoms with van der Waals surface area (Å²) in [4.78, 5) is 12.7. The molecule has 0 amide bonds. The first-order chi connectivity index (χ1) is 13.4. The monoisotopic (exact) mass is 448 g/mol. The van der Waals surface area contributed by atoms with E-state index in [1.807, 2.05) is 18.2 Å². The first-order valence-corrected chi connectivity index (χ1v) is 10.1. The summed E-state index contributed by atoms with van der Waals surface area (Å²) in [6.07, 6.45) is 3.07. The van der Waals surface area contributed by atoms with Gasteiger partial charge in [0.05, 0.1) is 24.7 Å². The molecule has 0 bridgehead atoms. The fraction of sp³-hybridized carbons (Fsp3) is 0.429. The molecule has 0 fully saturated rings. The number of carbonyl (C=O) groups excluding carboxylic acids is 1. The SMILES string of the molecule is CCCCCOc1ccc(Br)cc1C1C(C#N)=C(N)OC(C)=C1C(=O)OCC. The Morgan fingerprint density at radius 1 is 1.36 bits per heavy atom. The third-order valence-electron chi connectivity index (χ3n) is 4.39. The number of allylic oxidation sites excluding steroid dienone is 2. The van der Waals surface area contributed by atoms with Crippen LogP contribution in [0.4, 0.5) is 0 Å². The summed E-state index contributed by atoms with van der Waals surface area (Å²) in [6.45, 7) is 6.24. The number of esters is 1. The van der Waals surface area contributed by atoms with Crippen molar-refractivity contribution in [2.45, 2.75) is 46.0 Å². The molecule has 1 aliphatic rings. The molecule has 0 aliphatic carbocycles. The third kappa shape index (κ3) is 4.87. The fourth-order valence-corrected chi connectivity index (χ4v) is 3.46. The standard InChI is InChI=1S/C21H25BrN2O4/c1-4-6-7-10-27-17-9-8-14(22)11-15(17)19-16(12-23)20(24)28-13(3)18(19)21(25)26-5-2/h8-9,11,19H,4-7,10,24H2,1-3H3. The number of nitrogens with two attached hydrogens (primary N) is 1. The van der Waals surface area contributed by atoms with Gasteiger partial charge >= 0.3 is 5.97 Å². The van der Waals surface area contributed by atoms with Gasteiger partial charge in [0.1, 0.15) is 23.2 Å². The molecule has 150 valence electrons. The number of benzene rings is 1. The van der Waals surface area contributed by atoms with Crippen LogP contribution >= 0.6 is 15.9 Å². The topological polar surface area (TPSA) is 94.6 Å². The van der Waals surface area contributed by atoms with E-state index in [4.69, 9.17) is 19.9 Å². The molecule has 2 N–H and O–H groups in total. The molecule has 6 nitrogen and oxygen atoms in total. The molecule has 0 aromatic heterocycles. The zero-order chi connectivity index (χ0) is 20.7. The first kappa shape index (κ1) is 21.8. The normalized spacial score (nSPS) is 16.5. The predicted molar refractivity (Wildman–Crippen MR) is 109 cm³/mol. The van der Waals surface area contributed by atoms with Gasteiger partial charge in [0.2, 0.25) is 5.88 Å². The number of nitriles is 1. The zero-order valence-corrected chi connectivity index (χ0v) is 18.0. The second-order valence-electron chi connectivity index (χ2n) is 6.35. The van der Waals surface area contributed by atoms with Crippen molar-refractivity contribution in [2.75, 3.05) is 13.2 Å². The van der Waals surface area contributed by atoms with Crippen molar-refractivity contribution < 1.29 is 19.0 Å². The highest BCUT2D eigenvalue weighted by molar-refractivity contribution is 9.10. The Morgan fingerprint density at radius 2 is 2.11 bits per heavy atom. The smallest absolute Gasteiger partial charge is 0.338 e. The lowest BCUT2D eigenvalue weighted by molar-refractivity contribution is -0.139. The van der Waals surface area contributed by atoms with Gasteiger partial charge < -0.3 is 19.9 Å². The van der Waals surface area contributed by atoms with Crippen molar-refractivity contribution in [3.05, 3.63) is 51.0 Å². The lowest BCUT2D eigenvalue weighted by Gasteiger charge is -2.28. The highest BCUT2D eigenvalue weighted by Gasteiger charge is 2.38. The molecular formula is C21H25BrN2O4. The second-order valence-corrected chi connectivity index (χ2v) is 7.27. The van der Waals surface area contributed by atoms with E-state index in [1.165, 1.54) is 0 Å². The van der Waals surface area contributed by atoms with Crippen LogP contribution in [0.5, 0.6) is 5.75 Å². The van der Waals surface area contributed by atoms with E-state index in [2.05, 4.69) is 28.9 Å². The van der Waals surface area contributed by atoms with Crippen LogP contribution in [0.2, 0.25) is 0 Å². The number of hydrogen-bond donors (Lipinski definition) is 1. The second kappa shape index (κ2) is 10.2. The van der Waals surface area contributed by atoms with E-state index in [-0.39, 0.29) is 23.6 Å². The Hall–Kier alpha value is -2.46. The van der Waals surface area contributed by atoms with Crippen LogP contribution in [-0.4, -0.2) is 19.2 Å². The minimum Gasteiger partial charge on any atom is -0.493 e. The zero-order valence-electron chi connectivity index (χ0n) is 16.4. The Labute approximate surface area is 174 Å². The summed E-state index contributed by atoms with van der Waals surface area (Å²) in [5.41, 5.74) is 7.04. The summed E-state index contributed by atoms with van der Waals surface area (Å²) in [5, 5.41) is 9.72. The van der Waals surface area contributed by atoms with E-state index < -0.39 is 11.9 Å². The number of halogens is 1. The van der Waals surface area contributed by atoms with Crippen LogP contribution < -0.4 is 10.5 Å². The van der Waals surface area contributed by atoms with Gasteiger partial charge in [0, 0.05) is 10.0 Å². The Bertz CT molecular complexity index is 839. The van der Waals surface area contributed by atoms with Crippen molar-refractivity contribution in [2.24, 2.45) is 5.73 Å². The number of nitrogens with zero attached hydrogens (tertiary/aromatic N) is 1. The molecule has 0 spiro atoms. The molecule has 1 heterocycles. The van der Waals surface area contributed by atoms with Gasteiger partial charge in [-0.25, -0.2) is 4.79 Å². The molecule has 1 unspecified atom stereocenters. The molecular weight excluding hydrogens is 424 g/mol. The Kier molecular flexibility index (Phi) is 7.94. The van der Waals surface area contributed by atoms with Crippen molar-refractivity contribution >= 4 is 21.9 Å². The summed E-state index contributed by atoms with van der Waals surface area (Å²) >= 11 is 3.47. The molecule has 1 aromatic rings. The lowest BCUT2D eigenvalue weighted by atomic mass is 9.82. The van der Waals surface area contributed by atoms with Crippen LogP contribution in [0.3, 0.4) is 0 Å².